The summed E-state index contributed by atoms with van der Waals surface area (Å²) < 4.78 is 37.2. The number of nitrogens with zero attached hydrogens (tertiary/aromatic N) is 2. The zero-order chi connectivity index (χ0) is 22.9. The van der Waals surface area contributed by atoms with Crippen LogP contribution in [0.25, 0.3) is 11.0 Å². The monoisotopic (exact) mass is 498 g/mol. The van der Waals surface area contributed by atoms with Gasteiger partial charge >= 0.3 is 7.12 Å². The van der Waals surface area contributed by atoms with E-state index in [4.69, 9.17) is 32.4 Å². The Morgan fingerprint density at radius 2 is 1.88 bits per heavy atom. The number of para-hydroxylation sites is 1. The summed E-state index contributed by atoms with van der Waals surface area (Å²) >= 11 is 12.6. The highest BCUT2D eigenvalue weighted by atomic mass is 35.5. The van der Waals surface area contributed by atoms with E-state index >= 15 is 0 Å². The van der Waals surface area contributed by atoms with E-state index in [2.05, 4.69) is 4.98 Å². The number of sulfone groups is 1. The molecule has 1 aromatic carbocycles. The van der Waals surface area contributed by atoms with Crippen molar-refractivity contribution < 1.29 is 27.6 Å². The molecule has 8 nitrogen and oxygen atoms in total. The second-order valence-electron chi connectivity index (χ2n) is 7.54. The van der Waals surface area contributed by atoms with Gasteiger partial charge in [0.25, 0.3) is 0 Å². The molecule has 0 amide bonds. The molecule has 1 aliphatic heterocycles. The van der Waals surface area contributed by atoms with E-state index in [9.17, 15) is 18.5 Å². The highest BCUT2D eigenvalue weighted by molar-refractivity contribution is 7.92. The summed E-state index contributed by atoms with van der Waals surface area (Å²) in [6, 6.07) is 8.59. The third kappa shape index (κ3) is 4.90. The van der Waals surface area contributed by atoms with E-state index in [-0.39, 0.29) is 17.1 Å². The van der Waals surface area contributed by atoms with Crippen LogP contribution in [0.4, 0.5) is 5.82 Å². The number of ether oxygens (including phenoxy) is 1. The van der Waals surface area contributed by atoms with Gasteiger partial charge in [0.1, 0.15) is 16.6 Å². The highest BCUT2D eigenvalue weighted by Gasteiger charge is 2.38. The minimum absolute atomic E-state index is 0.0931. The molecule has 12 heteroatoms. The number of fused-ring (bicyclic) bond motifs is 1. The van der Waals surface area contributed by atoms with Gasteiger partial charge in [0.2, 0.25) is 0 Å². The maximum atomic E-state index is 13.2. The Morgan fingerprint density at radius 3 is 2.59 bits per heavy atom. The second kappa shape index (κ2) is 9.58. The van der Waals surface area contributed by atoms with Crippen LogP contribution >= 0.6 is 23.2 Å². The van der Waals surface area contributed by atoms with E-state index in [0.717, 1.165) is 0 Å². The average Bonchev–Trinajstić information content (AvgIpc) is 3.17. The van der Waals surface area contributed by atoms with Crippen molar-refractivity contribution in [3.8, 4) is 0 Å². The Hall–Kier alpha value is -1.82. The Labute approximate surface area is 195 Å². The zero-order valence-electron chi connectivity index (χ0n) is 16.9. The van der Waals surface area contributed by atoms with Crippen molar-refractivity contribution in [3.63, 3.8) is 0 Å². The first-order valence-corrected chi connectivity index (χ1v) is 12.4. The number of benzene rings is 1. The van der Waals surface area contributed by atoms with E-state index in [0.29, 0.717) is 53.7 Å². The Balaban J connectivity index is 1.62. The number of pyridine rings is 1. The van der Waals surface area contributed by atoms with Crippen LogP contribution in [-0.2, 0) is 26.7 Å². The van der Waals surface area contributed by atoms with Gasteiger partial charge in [-0.05, 0) is 24.1 Å². The lowest BCUT2D eigenvalue weighted by Gasteiger charge is -2.29. The summed E-state index contributed by atoms with van der Waals surface area (Å²) in [5, 5.41) is 19.5. The molecule has 0 bridgehead atoms. The summed E-state index contributed by atoms with van der Waals surface area (Å²) in [6.07, 6.45) is 1.29. The second-order valence-corrected chi connectivity index (χ2v) is 10.6. The van der Waals surface area contributed by atoms with E-state index < -0.39 is 27.9 Å². The molecule has 0 saturated carbocycles. The molecule has 32 heavy (non-hydrogen) atoms. The van der Waals surface area contributed by atoms with Crippen molar-refractivity contribution in [3.05, 3.63) is 57.9 Å². The van der Waals surface area contributed by atoms with Gasteiger partial charge in [-0.25, -0.2) is 13.4 Å². The number of hydrogen-bond acceptors (Lipinski definition) is 8. The topological polar surface area (TPSA) is 113 Å². The maximum absolute atomic E-state index is 13.2. The highest BCUT2D eigenvalue weighted by Crippen LogP contribution is 2.31. The summed E-state index contributed by atoms with van der Waals surface area (Å²) in [6.45, 7) is 2.13. The predicted octanol–water partition coefficient (Wildman–Crippen LogP) is 2.51. The largest absolute Gasteiger partial charge is 0.471 e. The minimum atomic E-state index is -4.08. The first kappa shape index (κ1) is 23.3. The summed E-state index contributed by atoms with van der Waals surface area (Å²) in [4.78, 5) is 6.31. The van der Waals surface area contributed by atoms with Gasteiger partial charge in [-0.15, -0.1) is 0 Å². The molecule has 1 unspecified atom stereocenters. The average molecular weight is 499 g/mol. The van der Waals surface area contributed by atoms with Crippen molar-refractivity contribution in [2.45, 2.75) is 17.3 Å². The number of anilines is 1. The standard InChI is InChI=1S/C20H21BCl2N2O6S/c22-15-10-16(23)20(25-5-7-30-8-6-25)24-17(15)12-32(28,29)19(21(26)27)9-13-11-31-18-4-2-1-3-14(13)18/h1-4,10-11,19,26-27H,5-9,12H2. The molecule has 170 valence electrons. The van der Waals surface area contributed by atoms with Crippen molar-refractivity contribution in [2.24, 2.45) is 0 Å². The third-order valence-corrected chi connectivity index (χ3v) is 8.02. The maximum Gasteiger partial charge on any atom is 0.471 e. The normalized spacial score (nSPS) is 15.8. The fourth-order valence-corrected chi connectivity index (χ4v) is 5.96. The van der Waals surface area contributed by atoms with Crippen LogP contribution in [0.5, 0.6) is 0 Å². The number of hydrogen-bond donors (Lipinski definition) is 2. The molecule has 2 N–H and O–H groups in total. The lowest BCUT2D eigenvalue weighted by molar-refractivity contribution is 0.122. The summed E-state index contributed by atoms with van der Waals surface area (Å²) in [7, 11) is -6.18. The first-order chi connectivity index (χ1) is 15.3. The number of halogens is 2. The van der Waals surface area contributed by atoms with Gasteiger partial charge in [0.05, 0.1) is 41.0 Å². The molecule has 0 radical (unpaired) electrons. The zero-order valence-corrected chi connectivity index (χ0v) is 19.3. The fraction of sp³-hybridized carbons (Fsp3) is 0.350. The predicted molar refractivity (Wildman–Crippen MR) is 124 cm³/mol. The lowest BCUT2D eigenvalue weighted by atomic mass is 9.81. The van der Waals surface area contributed by atoms with Crippen molar-refractivity contribution in [1.29, 1.82) is 0 Å². The summed E-state index contributed by atoms with van der Waals surface area (Å²) in [5.74, 6) is -0.148. The van der Waals surface area contributed by atoms with Gasteiger partial charge in [0, 0.05) is 18.5 Å². The number of rotatable bonds is 7. The van der Waals surface area contributed by atoms with Crippen LogP contribution in [0.2, 0.25) is 10.0 Å². The van der Waals surface area contributed by atoms with E-state index in [1.54, 1.807) is 24.3 Å². The first-order valence-electron chi connectivity index (χ1n) is 9.96. The molecule has 1 fully saturated rings. The molecule has 0 aliphatic carbocycles. The minimum Gasteiger partial charge on any atom is -0.464 e. The molecule has 3 heterocycles. The van der Waals surface area contributed by atoms with Crippen molar-refractivity contribution in [1.82, 2.24) is 4.98 Å². The Kier molecular flexibility index (Phi) is 6.99. The van der Waals surface area contributed by atoms with Crippen LogP contribution in [0, 0.1) is 0 Å². The van der Waals surface area contributed by atoms with Crippen LogP contribution in [0.15, 0.2) is 41.0 Å². The summed E-state index contributed by atoms with van der Waals surface area (Å²) in [5.41, 5.74) is 1.25. The van der Waals surface area contributed by atoms with Gasteiger partial charge < -0.3 is 24.1 Å². The fourth-order valence-electron chi connectivity index (χ4n) is 3.71. The third-order valence-electron chi connectivity index (χ3n) is 5.41. The van der Waals surface area contributed by atoms with E-state index in [1.165, 1.54) is 12.3 Å². The quantitative estimate of drug-likeness (QED) is 0.477. The number of aromatic nitrogens is 1. The van der Waals surface area contributed by atoms with Gasteiger partial charge in [-0.2, -0.15) is 0 Å². The molecular weight excluding hydrogens is 478 g/mol. The lowest BCUT2D eigenvalue weighted by Crippen LogP contribution is -2.41. The smallest absolute Gasteiger partial charge is 0.464 e. The molecular formula is C20H21BCl2N2O6S. The van der Waals surface area contributed by atoms with Crippen LogP contribution in [0.3, 0.4) is 0 Å². The number of morpholine rings is 1. The molecule has 4 rings (SSSR count). The van der Waals surface area contributed by atoms with Gasteiger partial charge in [-0.3, -0.25) is 0 Å². The van der Waals surface area contributed by atoms with Crippen LogP contribution < -0.4 is 4.90 Å². The van der Waals surface area contributed by atoms with Gasteiger partial charge in [-0.1, -0.05) is 41.4 Å². The molecule has 3 aromatic rings. The molecule has 1 atom stereocenters. The Morgan fingerprint density at radius 1 is 1.16 bits per heavy atom. The van der Waals surface area contributed by atoms with Crippen molar-refractivity contribution in [2.75, 3.05) is 31.2 Å². The van der Waals surface area contributed by atoms with Crippen LogP contribution in [-0.4, -0.2) is 62.0 Å². The SMILES string of the molecule is O=S(=O)(Cc1nc(N2CCOCC2)c(Cl)cc1Cl)C(Cc1coc2ccccc12)B(O)O. The molecule has 0 spiro atoms. The molecule has 2 aromatic heterocycles. The van der Waals surface area contributed by atoms with Crippen LogP contribution in [0.1, 0.15) is 11.3 Å². The molecule has 1 saturated heterocycles. The van der Waals surface area contributed by atoms with E-state index in [1.807, 2.05) is 4.90 Å². The Bertz CT molecular complexity index is 1210. The van der Waals surface area contributed by atoms with Gasteiger partial charge in [0.15, 0.2) is 9.84 Å². The number of furan rings is 1. The molecule has 1 aliphatic rings. The van der Waals surface area contributed by atoms with Crippen molar-refractivity contribution >= 4 is 56.9 Å².